The third-order valence-corrected chi connectivity index (χ3v) is 3.80. The highest BCUT2D eigenvalue weighted by Crippen LogP contribution is 2.44. The van der Waals surface area contributed by atoms with Gasteiger partial charge in [0.25, 0.3) is 0 Å². The monoisotopic (exact) mass is 222 g/mol. The molecule has 1 atom stereocenters. The lowest BCUT2D eigenvalue weighted by Gasteiger charge is -2.34. The van der Waals surface area contributed by atoms with Gasteiger partial charge in [0.05, 0.1) is 0 Å². The molecule has 88 valence electrons. The summed E-state index contributed by atoms with van der Waals surface area (Å²) in [5.74, 6) is 0.132. The minimum Gasteiger partial charge on any atom is -0.508 e. The van der Waals surface area contributed by atoms with E-state index in [0.717, 1.165) is 25.7 Å². The fourth-order valence-corrected chi connectivity index (χ4v) is 2.75. The van der Waals surface area contributed by atoms with Crippen LogP contribution in [0.3, 0.4) is 0 Å². The second-order valence-electron chi connectivity index (χ2n) is 4.93. The Kier molecular flexibility index (Phi) is 3.17. The predicted octanol–water partition coefficient (Wildman–Crippen LogP) is 4.16. The van der Waals surface area contributed by atoms with E-state index >= 15 is 0 Å². The normalized spacial score (nSPS) is 21.6. The highest BCUT2D eigenvalue weighted by atomic mass is 19.1. The van der Waals surface area contributed by atoms with E-state index in [9.17, 15) is 9.50 Å². The topological polar surface area (TPSA) is 20.2 Å². The van der Waals surface area contributed by atoms with Gasteiger partial charge in [-0.2, -0.15) is 0 Å². The van der Waals surface area contributed by atoms with E-state index in [1.54, 1.807) is 31.2 Å². The van der Waals surface area contributed by atoms with Crippen molar-refractivity contribution < 1.29 is 9.50 Å². The highest BCUT2D eigenvalue weighted by Gasteiger charge is 2.38. The van der Waals surface area contributed by atoms with Gasteiger partial charge in [0.1, 0.15) is 11.4 Å². The second kappa shape index (κ2) is 4.44. The quantitative estimate of drug-likeness (QED) is 0.796. The third-order valence-electron chi connectivity index (χ3n) is 3.80. The summed E-state index contributed by atoms with van der Waals surface area (Å²) in [7, 11) is 0. The fraction of sp³-hybridized carbons (Fsp3) is 0.571. The summed E-state index contributed by atoms with van der Waals surface area (Å²) in [5.41, 5.74) is -0.951. The summed E-state index contributed by atoms with van der Waals surface area (Å²) in [6, 6.07) is 6.78. The molecular formula is C14H19FO. The molecule has 0 bridgehead atoms. The van der Waals surface area contributed by atoms with Crippen molar-refractivity contribution in [1.29, 1.82) is 0 Å². The molecule has 2 heteroatoms. The minimum absolute atomic E-state index is 0.0505. The zero-order valence-electron chi connectivity index (χ0n) is 9.75. The summed E-state index contributed by atoms with van der Waals surface area (Å²) in [5, 5.41) is 9.74. The van der Waals surface area contributed by atoms with Gasteiger partial charge in [-0.25, -0.2) is 4.39 Å². The molecule has 1 fully saturated rings. The maximum Gasteiger partial charge on any atom is 0.139 e. The van der Waals surface area contributed by atoms with Crippen molar-refractivity contribution in [3.8, 4) is 5.75 Å². The lowest BCUT2D eigenvalue weighted by molar-refractivity contribution is 0.0700. The van der Waals surface area contributed by atoms with Crippen molar-refractivity contribution in [2.45, 2.75) is 44.7 Å². The van der Waals surface area contributed by atoms with Crippen LogP contribution in [0.4, 0.5) is 4.39 Å². The van der Waals surface area contributed by atoms with Crippen molar-refractivity contribution in [2.75, 3.05) is 0 Å². The van der Waals surface area contributed by atoms with E-state index < -0.39 is 5.67 Å². The van der Waals surface area contributed by atoms with E-state index in [-0.39, 0.29) is 11.7 Å². The number of rotatable bonds is 2. The molecule has 0 aliphatic heterocycles. The number of hydrogen-bond acceptors (Lipinski definition) is 1. The van der Waals surface area contributed by atoms with E-state index in [4.69, 9.17) is 0 Å². The highest BCUT2D eigenvalue weighted by molar-refractivity contribution is 5.36. The summed E-state index contributed by atoms with van der Waals surface area (Å²) < 4.78 is 14.8. The van der Waals surface area contributed by atoms with Crippen molar-refractivity contribution in [3.63, 3.8) is 0 Å². The van der Waals surface area contributed by atoms with Gasteiger partial charge in [-0.3, -0.25) is 0 Å². The molecule has 1 aromatic rings. The van der Waals surface area contributed by atoms with E-state index in [2.05, 4.69) is 0 Å². The van der Waals surface area contributed by atoms with Crippen LogP contribution in [0.2, 0.25) is 0 Å². The largest absolute Gasteiger partial charge is 0.508 e. The number of aromatic hydroxyl groups is 1. The minimum atomic E-state index is -1.40. The first-order valence-electron chi connectivity index (χ1n) is 6.10. The van der Waals surface area contributed by atoms with Gasteiger partial charge < -0.3 is 5.11 Å². The number of halogens is 1. The number of benzene rings is 1. The SMILES string of the molecule is CC(F)(c1ccccc1O)C1CCCCC1. The lowest BCUT2D eigenvalue weighted by atomic mass is 9.75. The molecule has 1 nitrogen and oxygen atoms in total. The third kappa shape index (κ3) is 2.06. The maximum atomic E-state index is 14.8. The van der Waals surface area contributed by atoms with Crippen LogP contribution >= 0.6 is 0 Å². The molecule has 1 saturated carbocycles. The molecule has 1 aliphatic rings. The molecule has 1 aliphatic carbocycles. The molecule has 0 aromatic heterocycles. The summed E-state index contributed by atoms with van der Waals surface area (Å²) in [6.45, 7) is 1.61. The molecule has 0 radical (unpaired) electrons. The summed E-state index contributed by atoms with van der Waals surface area (Å²) in [6.07, 6.45) is 5.30. The van der Waals surface area contributed by atoms with Gasteiger partial charge >= 0.3 is 0 Å². The van der Waals surface area contributed by atoms with E-state index in [1.165, 1.54) is 6.42 Å². The van der Waals surface area contributed by atoms with Crippen molar-refractivity contribution in [3.05, 3.63) is 29.8 Å². The smallest absolute Gasteiger partial charge is 0.139 e. The average molecular weight is 222 g/mol. The Morgan fingerprint density at radius 1 is 1.19 bits per heavy atom. The van der Waals surface area contributed by atoms with Crippen molar-refractivity contribution in [2.24, 2.45) is 5.92 Å². The average Bonchev–Trinajstić information content (AvgIpc) is 2.30. The lowest BCUT2D eigenvalue weighted by Crippen LogP contribution is -2.29. The molecule has 0 amide bonds. The van der Waals surface area contributed by atoms with Crippen LogP contribution in [0.1, 0.15) is 44.6 Å². The van der Waals surface area contributed by atoms with E-state index in [0.29, 0.717) is 5.56 Å². The van der Waals surface area contributed by atoms with Crippen LogP contribution in [-0.4, -0.2) is 5.11 Å². The van der Waals surface area contributed by atoms with Crippen LogP contribution in [0.15, 0.2) is 24.3 Å². The molecule has 1 aromatic carbocycles. The number of phenolic OH excluding ortho intramolecular Hbond substituents is 1. The first kappa shape index (κ1) is 11.4. The fourth-order valence-electron chi connectivity index (χ4n) is 2.75. The predicted molar refractivity (Wildman–Crippen MR) is 63.1 cm³/mol. The van der Waals surface area contributed by atoms with Gasteiger partial charge in [-0.05, 0) is 31.7 Å². The number of phenols is 1. The van der Waals surface area contributed by atoms with Crippen LogP contribution in [0, 0.1) is 5.92 Å². The molecular weight excluding hydrogens is 203 g/mol. The van der Waals surface area contributed by atoms with Gasteiger partial charge in [-0.15, -0.1) is 0 Å². The number of para-hydroxylation sites is 1. The molecule has 1 unspecified atom stereocenters. The Hall–Kier alpha value is -1.05. The number of alkyl halides is 1. The van der Waals surface area contributed by atoms with Gasteiger partial charge in [0, 0.05) is 5.56 Å². The Morgan fingerprint density at radius 3 is 2.44 bits per heavy atom. The van der Waals surface area contributed by atoms with Crippen LogP contribution in [0.25, 0.3) is 0 Å². The Labute approximate surface area is 96.3 Å². The zero-order chi connectivity index (χ0) is 11.6. The Bertz CT molecular complexity index is 354. The molecule has 0 saturated heterocycles. The maximum absolute atomic E-state index is 14.8. The van der Waals surface area contributed by atoms with Gasteiger partial charge in [-0.1, -0.05) is 37.5 Å². The molecule has 1 N–H and O–H groups in total. The molecule has 0 heterocycles. The zero-order valence-corrected chi connectivity index (χ0v) is 9.75. The molecule has 0 spiro atoms. The van der Waals surface area contributed by atoms with Crippen LogP contribution < -0.4 is 0 Å². The van der Waals surface area contributed by atoms with E-state index in [1.807, 2.05) is 0 Å². The van der Waals surface area contributed by atoms with Crippen molar-refractivity contribution >= 4 is 0 Å². The summed E-state index contributed by atoms with van der Waals surface area (Å²) in [4.78, 5) is 0. The van der Waals surface area contributed by atoms with Crippen LogP contribution in [0.5, 0.6) is 5.75 Å². The molecule has 16 heavy (non-hydrogen) atoms. The second-order valence-corrected chi connectivity index (χ2v) is 4.93. The standard InChI is InChI=1S/C14H19FO/c1-14(15,11-7-3-2-4-8-11)12-9-5-6-10-13(12)16/h5-6,9-11,16H,2-4,7-8H2,1H3. The number of hydrogen-bond donors (Lipinski definition) is 1. The van der Waals surface area contributed by atoms with Crippen LogP contribution in [-0.2, 0) is 5.67 Å². The van der Waals surface area contributed by atoms with Gasteiger partial charge in [0.2, 0.25) is 0 Å². The first-order chi connectivity index (χ1) is 7.62. The van der Waals surface area contributed by atoms with Crippen molar-refractivity contribution in [1.82, 2.24) is 0 Å². The summed E-state index contributed by atoms with van der Waals surface area (Å²) >= 11 is 0. The Balaban J connectivity index is 2.26. The Morgan fingerprint density at radius 2 is 1.81 bits per heavy atom. The van der Waals surface area contributed by atoms with Gasteiger partial charge in [0.15, 0.2) is 0 Å². The molecule has 2 rings (SSSR count). The first-order valence-corrected chi connectivity index (χ1v) is 6.10.